The minimum absolute atomic E-state index is 0.345. The summed E-state index contributed by atoms with van der Waals surface area (Å²) >= 11 is 11.3. The van der Waals surface area contributed by atoms with Gasteiger partial charge in [-0.1, -0.05) is 35.9 Å². The van der Waals surface area contributed by atoms with Crippen molar-refractivity contribution in [2.45, 2.75) is 6.92 Å². The molecule has 0 atom stereocenters. The molecule has 0 bridgehead atoms. The molecule has 0 unspecified atom stereocenters. The number of allylic oxidation sites excluding steroid dienone is 4. The summed E-state index contributed by atoms with van der Waals surface area (Å²) in [5.74, 6) is 0. The first-order valence-electron chi connectivity index (χ1n) is 2.88. The molecule has 0 aliphatic carbocycles. The molecular weight excluding hydrogens is 185 g/mol. The van der Waals surface area contributed by atoms with E-state index in [0.717, 1.165) is 0 Å². The molecule has 0 aromatic carbocycles. The third-order valence-electron chi connectivity index (χ3n) is 1.09. The molecule has 11 heavy (non-hydrogen) atoms. The Morgan fingerprint density at radius 2 is 2.09 bits per heavy atom. The van der Waals surface area contributed by atoms with Gasteiger partial charge < -0.3 is 0 Å². The maximum absolute atomic E-state index is 8.24. The SMILES string of the molecule is C=CC(Cl)=C(C)C(Cl)=CNO. The monoisotopic (exact) mass is 193 g/mol. The summed E-state index contributed by atoms with van der Waals surface area (Å²) in [4.78, 5) is 0. The van der Waals surface area contributed by atoms with Crippen LogP contribution in [-0.2, 0) is 0 Å². The predicted octanol–water partition coefficient (Wildman–Crippen LogP) is 2.74. The zero-order valence-electron chi connectivity index (χ0n) is 6.06. The lowest BCUT2D eigenvalue weighted by atomic mass is 10.2. The molecule has 0 aromatic heterocycles. The molecular formula is C7H9Cl2NO. The fourth-order valence-electron chi connectivity index (χ4n) is 0.432. The molecule has 2 nitrogen and oxygen atoms in total. The zero-order chi connectivity index (χ0) is 8.85. The van der Waals surface area contributed by atoms with Crippen LogP contribution in [-0.4, -0.2) is 5.21 Å². The van der Waals surface area contributed by atoms with Gasteiger partial charge in [-0.2, -0.15) is 0 Å². The Balaban J connectivity index is 4.59. The van der Waals surface area contributed by atoms with Crippen LogP contribution in [0.5, 0.6) is 0 Å². The molecule has 0 heterocycles. The Kier molecular flexibility index (Phi) is 5.03. The van der Waals surface area contributed by atoms with Crippen LogP contribution in [0.4, 0.5) is 0 Å². The Bertz CT molecular complexity index is 208. The summed E-state index contributed by atoms with van der Waals surface area (Å²) in [6.07, 6.45) is 2.70. The van der Waals surface area contributed by atoms with Crippen molar-refractivity contribution in [1.82, 2.24) is 5.48 Å². The highest BCUT2D eigenvalue weighted by Gasteiger charge is 1.98. The standard InChI is InChI=1S/C7H9Cl2NO/c1-3-6(8)5(2)7(9)4-10-11/h3-4,10-11H,1H2,2H3. The normalized spacial score (nSPS) is 14.0. The molecule has 0 saturated carbocycles. The summed E-state index contributed by atoms with van der Waals surface area (Å²) in [6, 6.07) is 0. The topological polar surface area (TPSA) is 32.3 Å². The second-order valence-electron chi connectivity index (χ2n) is 1.80. The van der Waals surface area contributed by atoms with Crippen molar-refractivity contribution in [2.24, 2.45) is 0 Å². The van der Waals surface area contributed by atoms with Crippen molar-refractivity contribution in [3.8, 4) is 0 Å². The fraction of sp³-hybridized carbons (Fsp3) is 0.143. The van der Waals surface area contributed by atoms with Gasteiger partial charge in [0.25, 0.3) is 0 Å². The van der Waals surface area contributed by atoms with Gasteiger partial charge in [-0.05, 0) is 12.5 Å². The molecule has 2 N–H and O–H groups in total. The van der Waals surface area contributed by atoms with Gasteiger partial charge in [0.15, 0.2) is 0 Å². The smallest absolute Gasteiger partial charge is 0.0630 e. The zero-order valence-corrected chi connectivity index (χ0v) is 7.58. The molecule has 0 radical (unpaired) electrons. The minimum Gasteiger partial charge on any atom is -0.292 e. The van der Waals surface area contributed by atoms with Crippen LogP contribution in [0.15, 0.2) is 34.5 Å². The maximum Gasteiger partial charge on any atom is 0.0630 e. The Labute approximate surface area is 75.8 Å². The Morgan fingerprint density at radius 1 is 1.55 bits per heavy atom. The highest BCUT2D eigenvalue weighted by molar-refractivity contribution is 6.36. The number of rotatable bonds is 3. The molecule has 0 rings (SSSR count). The van der Waals surface area contributed by atoms with Crippen molar-refractivity contribution in [1.29, 1.82) is 0 Å². The molecule has 0 saturated heterocycles. The van der Waals surface area contributed by atoms with Gasteiger partial charge in [-0.25, -0.2) is 0 Å². The molecule has 0 aliphatic heterocycles. The number of hydroxylamine groups is 1. The maximum atomic E-state index is 8.24. The third-order valence-corrected chi connectivity index (χ3v) is 1.92. The third kappa shape index (κ3) is 3.46. The summed E-state index contributed by atoms with van der Waals surface area (Å²) in [5, 5.41) is 9.04. The van der Waals surface area contributed by atoms with Gasteiger partial charge in [0.05, 0.1) is 5.03 Å². The van der Waals surface area contributed by atoms with E-state index >= 15 is 0 Å². The van der Waals surface area contributed by atoms with Crippen LogP contribution >= 0.6 is 23.2 Å². The predicted molar refractivity (Wildman–Crippen MR) is 47.6 cm³/mol. The van der Waals surface area contributed by atoms with Crippen molar-refractivity contribution in [3.63, 3.8) is 0 Å². The largest absolute Gasteiger partial charge is 0.292 e. The first-order chi connectivity index (χ1) is 5.13. The molecule has 62 valence electrons. The van der Waals surface area contributed by atoms with E-state index in [2.05, 4.69) is 6.58 Å². The van der Waals surface area contributed by atoms with Crippen molar-refractivity contribution >= 4 is 23.2 Å². The van der Waals surface area contributed by atoms with Crippen LogP contribution in [0.2, 0.25) is 0 Å². The lowest BCUT2D eigenvalue weighted by Gasteiger charge is -1.99. The van der Waals surface area contributed by atoms with E-state index in [4.69, 9.17) is 28.4 Å². The highest BCUT2D eigenvalue weighted by Crippen LogP contribution is 2.20. The number of hydrogen-bond donors (Lipinski definition) is 2. The molecule has 0 aliphatic rings. The minimum atomic E-state index is 0.345. The quantitative estimate of drug-likeness (QED) is 0.534. The lowest BCUT2D eigenvalue weighted by Crippen LogP contribution is -1.95. The van der Waals surface area contributed by atoms with Crippen LogP contribution in [0.1, 0.15) is 6.92 Å². The van der Waals surface area contributed by atoms with E-state index in [1.54, 1.807) is 12.4 Å². The van der Waals surface area contributed by atoms with Crippen LogP contribution < -0.4 is 5.48 Å². The van der Waals surface area contributed by atoms with Gasteiger partial charge in [-0.15, -0.1) is 0 Å². The van der Waals surface area contributed by atoms with Crippen LogP contribution in [0.3, 0.4) is 0 Å². The van der Waals surface area contributed by atoms with Crippen molar-refractivity contribution < 1.29 is 5.21 Å². The first-order valence-corrected chi connectivity index (χ1v) is 3.63. The number of nitrogens with one attached hydrogen (secondary N) is 1. The highest BCUT2D eigenvalue weighted by atomic mass is 35.5. The summed E-state index contributed by atoms with van der Waals surface area (Å²) in [6.45, 7) is 5.19. The van der Waals surface area contributed by atoms with E-state index < -0.39 is 0 Å². The van der Waals surface area contributed by atoms with Crippen LogP contribution in [0, 0.1) is 0 Å². The average Bonchev–Trinajstić information content (AvgIpc) is 2.02. The van der Waals surface area contributed by atoms with Crippen LogP contribution in [0.25, 0.3) is 0 Å². The molecule has 0 amide bonds. The summed E-state index contributed by atoms with van der Waals surface area (Å²) in [7, 11) is 0. The molecule has 0 spiro atoms. The second-order valence-corrected chi connectivity index (χ2v) is 2.61. The van der Waals surface area contributed by atoms with Gasteiger partial charge in [0.2, 0.25) is 0 Å². The van der Waals surface area contributed by atoms with Crippen molar-refractivity contribution in [3.05, 3.63) is 34.5 Å². The average molecular weight is 194 g/mol. The van der Waals surface area contributed by atoms with Gasteiger partial charge in [0, 0.05) is 11.2 Å². The van der Waals surface area contributed by atoms with E-state index in [9.17, 15) is 0 Å². The number of halogens is 2. The summed E-state index contributed by atoms with van der Waals surface area (Å²) in [5.41, 5.74) is 2.46. The van der Waals surface area contributed by atoms with Crippen molar-refractivity contribution in [2.75, 3.05) is 0 Å². The van der Waals surface area contributed by atoms with Gasteiger partial charge in [-0.3, -0.25) is 10.7 Å². The molecule has 0 fully saturated rings. The Hall–Kier alpha value is -0.440. The first kappa shape index (κ1) is 10.6. The lowest BCUT2D eigenvalue weighted by molar-refractivity contribution is 0.214. The van der Waals surface area contributed by atoms with E-state index in [0.29, 0.717) is 15.6 Å². The van der Waals surface area contributed by atoms with E-state index in [1.807, 2.05) is 0 Å². The summed E-state index contributed by atoms with van der Waals surface area (Å²) < 4.78 is 0. The fourth-order valence-corrected chi connectivity index (χ4v) is 0.733. The number of hydrogen-bond acceptors (Lipinski definition) is 2. The van der Waals surface area contributed by atoms with E-state index in [1.165, 1.54) is 12.3 Å². The van der Waals surface area contributed by atoms with Gasteiger partial charge >= 0.3 is 0 Å². The molecule has 4 heteroatoms. The second kappa shape index (κ2) is 5.24. The van der Waals surface area contributed by atoms with E-state index in [-0.39, 0.29) is 0 Å². The Morgan fingerprint density at radius 3 is 2.45 bits per heavy atom. The van der Waals surface area contributed by atoms with Gasteiger partial charge in [0.1, 0.15) is 0 Å². The molecule has 0 aromatic rings.